The van der Waals surface area contributed by atoms with Crippen LogP contribution in [0.25, 0.3) is 0 Å². The van der Waals surface area contributed by atoms with Crippen molar-refractivity contribution >= 4 is 0 Å². The molecular formula is C15H22O3. The van der Waals surface area contributed by atoms with Crippen LogP contribution in [0, 0.1) is 12.8 Å². The number of aliphatic hydroxyl groups excluding tert-OH is 2. The monoisotopic (exact) mass is 250 g/mol. The van der Waals surface area contributed by atoms with Gasteiger partial charge in [0.25, 0.3) is 0 Å². The van der Waals surface area contributed by atoms with Gasteiger partial charge < -0.3 is 15.3 Å². The number of hydrogen-bond donors (Lipinski definition) is 3. The number of hydrogen-bond acceptors (Lipinski definition) is 3. The van der Waals surface area contributed by atoms with Gasteiger partial charge >= 0.3 is 0 Å². The lowest BCUT2D eigenvalue weighted by molar-refractivity contribution is 0.100. The minimum atomic E-state index is -0.404. The summed E-state index contributed by atoms with van der Waals surface area (Å²) in [5.41, 5.74) is 3.04. The van der Waals surface area contributed by atoms with E-state index < -0.39 is 6.10 Å². The van der Waals surface area contributed by atoms with Gasteiger partial charge in [0, 0.05) is 12.5 Å². The van der Waals surface area contributed by atoms with E-state index in [1.54, 1.807) is 6.07 Å². The normalized spacial score (nSPS) is 28.8. The average Bonchev–Trinajstić information content (AvgIpc) is 2.35. The standard InChI is InChI=1S/C15H22O3/c1-8-4-13-11(9(2)7-16)5-15(18)10(3)12(13)6-14(8)17/h4,6,9-11,15-18H,5,7H2,1-3H3/t9?,10?,11?,15-/m0/s1. The molecule has 0 aromatic heterocycles. The summed E-state index contributed by atoms with van der Waals surface area (Å²) in [7, 11) is 0. The molecule has 4 atom stereocenters. The van der Waals surface area contributed by atoms with Crippen molar-refractivity contribution in [3.63, 3.8) is 0 Å². The van der Waals surface area contributed by atoms with E-state index in [9.17, 15) is 15.3 Å². The topological polar surface area (TPSA) is 60.7 Å². The third kappa shape index (κ3) is 2.13. The van der Waals surface area contributed by atoms with Crippen LogP contribution in [0.1, 0.15) is 48.8 Å². The highest BCUT2D eigenvalue weighted by atomic mass is 16.3. The molecule has 3 heteroatoms. The molecule has 3 N–H and O–H groups in total. The van der Waals surface area contributed by atoms with Crippen LogP contribution >= 0.6 is 0 Å². The third-order valence-electron chi connectivity index (χ3n) is 4.34. The Labute approximate surface area is 108 Å². The molecule has 1 aliphatic carbocycles. The molecular weight excluding hydrogens is 228 g/mol. The minimum Gasteiger partial charge on any atom is -0.508 e. The van der Waals surface area contributed by atoms with Crippen LogP contribution in [-0.2, 0) is 0 Å². The summed E-state index contributed by atoms with van der Waals surface area (Å²) in [5, 5.41) is 29.3. The van der Waals surface area contributed by atoms with Crippen LogP contribution in [-0.4, -0.2) is 28.0 Å². The van der Waals surface area contributed by atoms with Crippen molar-refractivity contribution in [2.45, 2.75) is 45.1 Å². The van der Waals surface area contributed by atoms with Gasteiger partial charge in [-0.1, -0.05) is 19.9 Å². The fourth-order valence-corrected chi connectivity index (χ4v) is 2.92. The molecule has 1 aromatic carbocycles. The quantitative estimate of drug-likeness (QED) is 0.754. The van der Waals surface area contributed by atoms with Gasteiger partial charge in [-0.3, -0.25) is 0 Å². The Balaban J connectivity index is 2.52. The van der Waals surface area contributed by atoms with Crippen molar-refractivity contribution < 1.29 is 15.3 Å². The van der Waals surface area contributed by atoms with Gasteiger partial charge in [0.15, 0.2) is 0 Å². The van der Waals surface area contributed by atoms with Crippen molar-refractivity contribution in [2.75, 3.05) is 6.61 Å². The third-order valence-corrected chi connectivity index (χ3v) is 4.34. The first-order chi connectivity index (χ1) is 8.45. The van der Waals surface area contributed by atoms with Gasteiger partial charge in [-0.25, -0.2) is 0 Å². The SMILES string of the molecule is Cc1cc2c(cc1O)C(C)[C@@H](O)CC2C(C)CO. The van der Waals surface area contributed by atoms with Gasteiger partial charge in [0.2, 0.25) is 0 Å². The second-order valence-electron chi connectivity index (χ2n) is 5.63. The van der Waals surface area contributed by atoms with Gasteiger partial charge in [-0.2, -0.15) is 0 Å². The van der Waals surface area contributed by atoms with E-state index in [2.05, 4.69) is 0 Å². The molecule has 3 nitrogen and oxygen atoms in total. The van der Waals surface area contributed by atoms with E-state index in [0.29, 0.717) is 6.42 Å². The maximum Gasteiger partial charge on any atom is 0.118 e. The van der Waals surface area contributed by atoms with E-state index >= 15 is 0 Å². The summed E-state index contributed by atoms with van der Waals surface area (Å²) < 4.78 is 0. The molecule has 0 amide bonds. The molecule has 0 radical (unpaired) electrons. The Morgan fingerprint density at radius 1 is 1.33 bits per heavy atom. The van der Waals surface area contributed by atoms with Crippen LogP contribution in [0.2, 0.25) is 0 Å². The maximum atomic E-state index is 10.1. The summed E-state index contributed by atoms with van der Waals surface area (Å²) in [5.74, 6) is 0.601. The molecule has 0 aliphatic heterocycles. The van der Waals surface area contributed by atoms with E-state index in [1.165, 1.54) is 5.56 Å². The molecule has 0 spiro atoms. The fourth-order valence-electron chi connectivity index (χ4n) is 2.92. The number of fused-ring (bicyclic) bond motifs is 1. The number of phenols is 1. The van der Waals surface area contributed by atoms with Crippen molar-refractivity contribution in [3.8, 4) is 5.75 Å². The molecule has 3 unspecified atom stereocenters. The predicted octanol–water partition coefficient (Wildman–Crippen LogP) is 2.28. The molecule has 0 heterocycles. The average molecular weight is 250 g/mol. The zero-order valence-corrected chi connectivity index (χ0v) is 11.2. The number of phenolic OH excluding ortho intramolecular Hbond substituents is 1. The Morgan fingerprint density at radius 3 is 2.61 bits per heavy atom. The highest BCUT2D eigenvalue weighted by Gasteiger charge is 2.34. The van der Waals surface area contributed by atoms with Crippen LogP contribution < -0.4 is 0 Å². The van der Waals surface area contributed by atoms with Crippen LogP contribution in [0.15, 0.2) is 12.1 Å². The number of benzene rings is 1. The van der Waals surface area contributed by atoms with E-state index in [1.807, 2.05) is 26.8 Å². The van der Waals surface area contributed by atoms with Crippen molar-refractivity contribution in [2.24, 2.45) is 5.92 Å². The molecule has 0 fully saturated rings. The van der Waals surface area contributed by atoms with Crippen LogP contribution in [0.4, 0.5) is 0 Å². The largest absolute Gasteiger partial charge is 0.508 e. The molecule has 18 heavy (non-hydrogen) atoms. The van der Waals surface area contributed by atoms with Gasteiger partial charge in [0.1, 0.15) is 5.75 Å². The number of aryl methyl sites for hydroxylation is 1. The van der Waals surface area contributed by atoms with E-state index in [-0.39, 0.29) is 30.1 Å². The molecule has 1 aromatic rings. The zero-order chi connectivity index (χ0) is 13.4. The summed E-state index contributed by atoms with van der Waals surface area (Å²) in [6.07, 6.45) is 0.277. The smallest absolute Gasteiger partial charge is 0.118 e. The Bertz CT molecular complexity index is 442. The van der Waals surface area contributed by atoms with E-state index in [4.69, 9.17) is 0 Å². The summed E-state index contributed by atoms with van der Waals surface area (Å²) in [4.78, 5) is 0. The second-order valence-corrected chi connectivity index (χ2v) is 5.63. The number of rotatable bonds is 2. The first-order valence-corrected chi connectivity index (χ1v) is 6.58. The van der Waals surface area contributed by atoms with Gasteiger partial charge in [-0.05, 0) is 47.9 Å². The van der Waals surface area contributed by atoms with Crippen LogP contribution in [0.5, 0.6) is 5.75 Å². The predicted molar refractivity (Wildman–Crippen MR) is 70.9 cm³/mol. The summed E-state index contributed by atoms with van der Waals surface area (Å²) >= 11 is 0. The van der Waals surface area contributed by atoms with Crippen molar-refractivity contribution in [1.29, 1.82) is 0 Å². The number of aromatic hydroxyl groups is 1. The maximum absolute atomic E-state index is 10.1. The van der Waals surface area contributed by atoms with Gasteiger partial charge in [-0.15, -0.1) is 0 Å². The summed E-state index contributed by atoms with van der Waals surface area (Å²) in [6.45, 7) is 5.98. The molecule has 0 bridgehead atoms. The lowest BCUT2D eigenvalue weighted by Crippen LogP contribution is -2.30. The molecule has 0 saturated carbocycles. The fraction of sp³-hybridized carbons (Fsp3) is 0.600. The lowest BCUT2D eigenvalue weighted by Gasteiger charge is -2.36. The van der Waals surface area contributed by atoms with Gasteiger partial charge in [0.05, 0.1) is 6.10 Å². The number of aliphatic hydroxyl groups is 2. The molecule has 100 valence electrons. The second kappa shape index (κ2) is 4.90. The lowest BCUT2D eigenvalue weighted by atomic mass is 9.71. The zero-order valence-electron chi connectivity index (χ0n) is 11.2. The minimum absolute atomic E-state index is 0.0358. The first-order valence-electron chi connectivity index (χ1n) is 6.58. The molecule has 0 saturated heterocycles. The summed E-state index contributed by atoms with van der Waals surface area (Å²) in [6, 6.07) is 3.78. The van der Waals surface area contributed by atoms with Crippen molar-refractivity contribution in [1.82, 2.24) is 0 Å². The van der Waals surface area contributed by atoms with E-state index in [0.717, 1.165) is 11.1 Å². The Kier molecular flexibility index (Phi) is 3.64. The molecule has 1 aliphatic rings. The van der Waals surface area contributed by atoms with Crippen molar-refractivity contribution in [3.05, 3.63) is 28.8 Å². The highest BCUT2D eigenvalue weighted by molar-refractivity contribution is 5.46. The Morgan fingerprint density at radius 2 is 2.00 bits per heavy atom. The highest BCUT2D eigenvalue weighted by Crippen LogP contribution is 2.44. The Hall–Kier alpha value is -1.06. The molecule has 2 rings (SSSR count). The first kappa shape index (κ1) is 13.4. The van der Waals surface area contributed by atoms with Crippen LogP contribution in [0.3, 0.4) is 0 Å².